The molecule has 0 radical (unpaired) electrons. The molecule has 0 bridgehead atoms. The molecule has 2 rings (SSSR count). The Morgan fingerprint density at radius 3 is 3.00 bits per heavy atom. The average Bonchev–Trinajstić information content (AvgIpc) is 2.45. The highest BCUT2D eigenvalue weighted by atomic mass is 19.1. The maximum atomic E-state index is 13.6. The standard InChI is InChI=1S/C14H17FN2O3/c15-12-8-16-6-5-11(12)14(20)17-7-1-2-10(9-17)3-4-13(18)19/h5-6,8,10H,1-4,7,9H2,(H,18,19)/t10-/m0/s1. The van der Waals surface area contributed by atoms with Gasteiger partial charge in [-0.25, -0.2) is 4.39 Å². The summed E-state index contributed by atoms with van der Waals surface area (Å²) in [5, 5.41) is 8.70. The van der Waals surface area contributed by atoms with Crippen molar-refractivity contribution in [3.8, 4) is 0 Å². The number of piperidine rings is 1. The predicted molar refractivity (Wildman–Crippen MR) is 69.7 cm³/mol. The summed E-state index contributed by atoms with van der Waals surface area (Å²) in [6.07, 6.45) is 4.81. The second-order valence-electron chi connectivity index (χ2n) is 5.05. The number of carboxylic acids is 1. The van der Waals surface area contributed by atoms with Crippen LogP contribution in [0.15, 0.2) is 18.5 Å². The summed E-state index contributed by atoms with van der Waals surface area (Å²) in [6, 6.07) is 1.37. The van der Waals surface area contributed by atoms with Crippen molar-refractivity contribution in [3.05, 3.63) is 29.8 Å². The van der Waals surface area contributed by atoms with E-state index in [9.17, 15) is 14.0 Å². The quantitative estimate of drug-likeness (QED) is 0.915. The molecule has 6 heteroatoms. The van der Waals surface area contributed by atoms with Crippen LogP contribution in [-0.4, -0.2) is 40.0 Å². The van der Waals surface area contributed by atoms with Crippen LogP contribution in [-0.2, 0) is 4.79 Å². The summed E-state index contributed by atoms with van der Waals surface area (Å²) < 4.78 is 13.6. The van der Waals surface area contributed by atoms with Gasteiger partial charge in [0.2, 0.25) is 0 Å². The molecule has 1 N–H and O–H groups in total. The number of carbonyl (C=O) groups excluding carboxylic acids is 1. The highest BCUT2D eigenvalue weighted by molar-refractivity contribution is 5.94. The first-order chi connectivity index (χ1) is 9.58. The van der Waals surface area contributed by atoms with Crippen LogP contribution in [0.3, 0.4) is 0 Å². The number of nitrogens with zero attached hydrogens (tertiary/aromatic N) is 2. The normalized spacial score (nSPS) is 18.9. The summed E-state index contributed by atoms with van der Waals surface area (Å²) in [6.45, 7) is 1.08. The maximum absolute atomic E-state index is 13.6. The Morgan fingerprint density at radius 1 is 1.50 bits per heavy atom. The van der Waals surface area contributed by atoms with Crippen molar-refractivity contribution in [2.24, 2.45) is 5.92 Å². The van der Waals surface area contributed by atoms with Gasteiger partial charge in [0.25, 0.3) is 5.91 Å². The molecule has 1 aliphatic rings. The average molecular weight is 280 g/mol. The Hall–Kier alpha value is -1.98. The zero-order valence-electron chi connectivity index (χ0n) is 11.1. The second kappa shape index (κ2) is 6.45. The van der Waals surface area contributed by atoms with Crippen LogP contribution >= 0.6 is 0 Å². The number of rotatable bonds is 4. The van der Waals surface area contributed by atoms with Crippen LogP contribution in [0.2, 0.25) is 0 Å². The zero-order chi connectivity index (χ0) is 14.5. The molecule has 0 saturated carbocycles. The van der Waals surface area contributed by atoms with Crippen molar-refractivity contribution in [2.75, 3.05) is 13.1 Å². The molecule has 2 heterocycles. The number of carboxylic acid groups (broad SMARTS) is 1. The molecule has 1 aromatic heterocycles. The van der Waals surface area contributed by atoms with E-state index in [4.69, 9.17) is 5.11 Å². The lowest BCUT2D eigenvalue weighted by Crippen LogP contribution is -2.40. The maximum Gasteiger partial charge on any atom is 0.303 e. The van der Waals surface area contributed by atoms with Crippen molar-refractivity contribution in [1.29, 1.82) is 0 Å². The fourth-order valence-electron chi connectivity index (χ4n) is 2.53. The van der Waals surface area contributed by atoms with Crippen molar-refractivity contribution in [3.63, 3.8) is 0 Å². The Bertz CT molecular complexity index is 507. The highest BCUT2D eigenvalue weighted by Gasteiger charge is 2.26. The van der Waals surface area contributed by atoms with Gasteiger partial charge in [-0.15, -0.1) is 0 Å². The molecule has 108 valence electrons. The summed E-state index contributed by atoms with van der Waals surface area (Å²) in [5.41, 5.74) is 0.0267. The van der Waals surface area contributed by atoms with E-state index in [0.717, 1.165) is 19.0 Å². The largest absolute Gasteiger partial charge is 0.481 e. The lowest BCUT2D eigenvalue weighted by atomic mass is 9.93. The minimum absolute atomic E-state index is 0.0267. The van der Waals surface area contributed by atoms with E-state index in [1.54, 1.807) is 4.90 Å². The number of pyridine rings is 1. The van der Waals surface area contributed by atoms with Crippen molar-refractivity contribution in [2.45, 2.75) is 25.7 Å². The number of aliphatic carboxylic acids is 1. The predicted octanol–water partition coefficient (Wildman–Crippen LogP) is 1.94. The second-order valence-corrected chi connectivity index (χ2v) is 5.05. The van der Waals surface area contributed by atoms with Crippen LogP contribution in [0.5, 0.6) is 0 Å². The van der Waals surface area contributed by atoms with Crippen LogP contribution in [0, 0.1) is 11.7 Å². The molecule has 20 heavy (non-hydrogen) atoms. The van der Waals surface area contributed by atoms with Crippen LogP contribution < -0.4 is 0 Å². The van der Waals surface area contributed by atoms with E-state index >= 15 is 0 Å². The number of amides is 1. The van der Waals surface area contributed by atoms with Gasteiger partial charge in [-0.05, 0) is 31.2 Å². The third-order valence-electron chi connectivity index (χ3n) is 3.58. The molecule has 1 aliphatic heterocycles. The van der Waals surface area contributed by atoms with Gasteiger partial charge >= 0.3 is 5.97 Å². The van der Waals surface area contributed by atoms with Crippen LogP contribution in [0.25, 0.3) is 0 Å². The minimum Gasteiger partial charge on any atom is -0.481 e. The minimum atomic E-state index is -0.825. The number of hydrogen-bond donors (Lipinski definition) is 1. The van der Waals surface area contributed by atoms with Gasteiger partial charge in [0.1, 0.15) is 0 Å². The van der Waals surface area contributed by atoms with E-state index in [-0.39, 0.29) is 23.8 Å². The SMILES string of the molecule is O=C(O)CC[C@@H]1CCCN(C(=O)c2ccncc2F)C1. The van der Waals surface area contributed by atoms with Crippen LogP contribution in [0.4, 0.5) is 4.39 Å². The molecular weight excluding hydrogens is 263 g/mol. The van der Waals surface area contributed by atoms with Crippen molar-refractivity contribution >= 4 is 11.9 Å². The molecule has 1 aromatic rings. The van der Waals surface area contributed by atoms with E-state index in [2.05, 4.69) is 4.98 Å². The summed E-state index contributed by atoms with van der Waals surface area (Å²) in [4.78, 5) is 28.1. The van der Waals surface area contributed by atoms with Crippen molar-refractivity contribution < 1.29 is 19.1 Å². The smallest absolute Gasteiger partial charge is 0.303 e. The lowest BCUT2D eigenvalue weighted by Gasteiger charge is -2.32. The molecule has 1 fully saturated rings. The number of halogens is 1. The monoisotopic (exact) mass is 280 g/mol. The number of carbonyl (C=O) groups is 2. The van der Waals surface area contributed by atoms with Gasteiger partial charge in [-0.2, -0.15) is 0 Å². The Labute approximate surface area is 116 Å². The molecule has 1 atom stereocenters. The Balaban J connectivity index is 2.00. The van der Waals surface area contributed by atoms with Crippen molar-refractivity contribution in [1.82, 2.24) is 9.88 Å². The van der Waals surface area contributed by atoms with E-state index in [1.807, 2.05) is 0 Å². The topological polar surface area (TPSA) is 70.5 Å². The number of aromatic nitrogens is 1. The summed E-state index contributed by atoms with van der Waals surface area (Å²) in [5.74, 6) is -1.61. The lowest BCUT2D eigenvalue weighted by molar-refractivity contribution is -0.137. The highest BCUT2D eigenvalue weighted by Crippen LogP contribution is 2.22. The summed E-state index contributed by atoms with van der Waals surface area (Å²) >= 11 is 0. The van der Waals surface area contributed by atoms with Crippen LogP contribution in [0.1, 0.15) is 36.0 Å². The number of hydrogen-bond acceptors (Lipinski definition) is 3. The van der Waals surface area contributed by atoms with Gasteiger partial charge in [-0.1, -0.05) is 0 Å². The first-order valence-electron chi connectivity index (χ1n) is 6.68. The summed E-state index contributed by atoms with van der Waals surface area (Å²) in [7, 11) is 0. The third kappa shape index (κ3) is 3.53. The van der Waals surface area contributed by atoms with Gasteiger partial charge in [-0.3, -0.25) is 14.6 Å². The van der Waals surface area contributed by atoms with E-state index in [0.29, 0.717) is 19.5 Å². The molecule has 0 unspecified atom stereocenters. The van der Waals surface area contributed by atoms with Gasteiger partial charge < -0.3 is 10.0 Å². The molecule has 1 amide bonds. The van der Waals surface area contributed by atoms with E-state index < -0.39 is 11.8 Å². The molecule has 0 aromatic carbocycles. The molecule has 1 saturated heterocycles. The molecule has 5 nitrogen and oxygen atoms in total. The molecule has 0 spiro atoms. The third-order valence-corrected chi connectivity index (χ3v) is 3.58. The zero-order valence-corrected chi connectivity index (χ0v) is 11.1. The fraction of sp³-hybridized carbons (Fsp3) is 0.500. The first-order valence-corrected chi connectivity index (χ1v) is 6.68. The van der Waals surface area contributed by atoms with Gasteiger partial charge in [0, 0.05) is 25.7 Å². The molecular formula is C14H17FN2O3. The Kier molecular flexibility index (Phi) is 4.65. The Morgan fingerprint density at radius 2 is 2.30 bits per heavy atom. The fourth-order valence-corrected chi connectivity index (χ4v) is 2.53. The number of likely N-dealkylation sites (tertiary alicyclic amines) is 1. The van der Waals surface area contributed by atoms with Gasteiger partial charge in [0.05, 0.1) is 11.8 Å². The van der Waals surface area contributed by atoms with Gasteiger partial charge in [0.15, 0.2) is 5.82 Å². The molecule has 0 aliphatic carbocycles. The van der Waals surface area contributed by atoms with E-state index in [1.165, 1.54) is 12.3 Å². The first kappa shape index (κ1) is 14.4.